The molecule has 0 aliphatic carbocycles. The number of amides is 1. The van der Waals surface area contributed by atoms with Crippen LogP contribution in [0.4, 0.5) is 4.79 Å². The number of ether oxygens (including phenoxy) is 2. The highest BCUT2D eigenvalue weighted by molar-refractivity contribution is 5.82. The summed E-state index contributed by atoms with van der Waals surface area (Å²) in [7, 11) is 1.25. The summed E-state index contributed by atoms with van der Waals surface area (Å²) in [4.78, 5) is 24.7. The topological polar surface area (TPSA) is 76.1 Å². The van der Waals surface area contributed by atoms with Crippen molar-refractivity contribution in [3.8, 4) is 0 Å². The maximum Gasteiger partial charge on any atom is 0.411 e. The quantitative estimate of drug-likeness (QED) is 0.719. The van der Waals surface area contributed by atoms with E-state index in [9.17, 15) is 9.59 Å². The number of likely N-dealkylation sites (tertiary alicyclic amines) is 1. The Balaban J connectivity index is 2.77. The zero-order chi connectivity index (χ0) is 13.9. The number of hydrogen-bond acceptors (Lipinski definition) is 5. The Kier molecular flexibility index (Phi) is 3.51. The lowest BCUT2D eigenvalue weighted by Crippen LogP contribution is -2.43. The predicted octanol–water partition coefficient (Wildman–Crippen LogP) is 0.530. The second-order valence-corrected chi connectivity index (χ2v) is 5.03. The van der Waals surface area contributed by atoms with E-state index < -0.39 is 29.8 Å². The van der Waals surface area contributed by atoms with E-state index in [0.717, 1.165) is 0 Å². The first-order valence-corrected chi connectivity index (χ1v) is 5.48. The summed E-state index contributed by atoms with van der Waals surface area (Å²) in [6, 6.07) is -0.750. The van der Waals surface area contributed by atoms with Crippen LogP contribution in [0.15, 0.2) is 0 Å². The number of carbonyl (C=O) groups is 2. The molecule has 0 spiro atoms. The Morgan fingerprint density at radius 3 is 2.59 bits per heavy atom. The molecule has 1 fully saturated rings. The monoisotopic (exact) mass is 246 g/mol. The number of β-amino-alcohol motifs (C(OH)–C–C–N with tert-alkyl or cyclic N) is 1. The molecule has 1 aliphatic heterocycles. The van der Waals surface area contributed by atoms with Crippen molar-refractivity contribution >= 4 is 12.1 Å². The van der Waals surface area contributed by atoms with Gasteiger partial charge in [-0.3, -0.25) is 4.90 Å². The van der Waals surface area contributed by atoms with Gasteiger partial charge in [0.05, 0.1) is 19.8 Å². The third kappa shape index (κ3) is 3.59. The number of rotatable bonds is 2. The molecule has 1 N–H and O–H groups in total. The molecular formula is C11H19NO5. The largest absolute Gasteiger partial charge is 0.467 e. The van der Waals surface area contributed by atoms with Gasteiger partial charge in [-0.05, 0) is 20.8 Å². The molecule has 0 aromatic rings. The van der Waals surface area contributed by atoms with Gasteiger partial charge in [0.25, 0.3) is 0 Å². The van der Waals surface area contributed by atoms with Gasteiger partial charge in [0.15, 0.2) is 0 Å². The minimum Gasteiger partial charge on any atom is -0.467 e. The number of esters is 1. The van der Waals surface area contributed by atoms with Gasteiger partial charge in [-0.2, -0.15) is 0 Å². The summed E-state index contributed by atoms with van der Waals surface area (Å²) in [6.45, 7) is 5.38. The maximum atomic E-state index is 11.9. The van der Waals surface area contributed by atoms with Gasteiger partial charge < -0.3 is 14.6 Å². The van der Waals surface area contributed by atoms with Crippen molar-refractivity contribution in [1.82, 2.24) is 4.90 Å². The van der Waals surface area contributed by atoms with Crippen molar-refractivity contribution in [2.24, 2.45) is 0 Å². The normalized spacial score (nSPS) is 25.4. The van der Waals surface area contributed by atoms with Gasteiger partial charge >= 0.3 is 12.1 Å². The first kappa shape index (κ1) is 12.2. The Bertz CT molecular complexity index is 328. The SMILES string of the molecule is [2H]O[C@H]1C[C@@H](C(=O)OC)N(C(=O)OC(C)(C)C)C1. The van der Waals surface area contributed by atoms with Crippen LogP contribution < -0.4 is 0 Å². The lowest BCUT2D eigenvalue weighted by atomic mass is 10.2. The fourth-order valence-electron chi connectivity index (χ4n) is 1.68. The van der Waals surface area contributed by atoms with Crippen LogP contribution in [-0.4, -0.2) is 54.9 Å². The minimum absolute atomic E-state index is 0.151. The maximum absolute atomic E-state index is 11.9. The van der Waals surface area contributed by atoms with Crippen LogP contribution >= 0.6 is 0 Å². The zero-order valence-corrected chi connectivity index (χ0v) is 10.6. The van der Waals surface area contributed by atoms with Gasteiger partial charge in [0.2, 0.25) is 1.43 Å². The molecule has 1 amide bonds. The molecule has 6 nitrogen and oxygen atoms in total. The Morgan fingerprint density at radius 2 is 2.12 bits per heavy atom. The van der Waals surface area contributed by atoms with Gasteiger partial charge in [-0.15, -0.1) is 0 Å². The van der Waals surface area contributed by atoms with E-state index in [1.54, 1.807) is 20.8 Å². The average Bonchev–Trinajstić information content (AvgIpc) is 2.69. The smallest absolute Gasteiger partial charge is 0.411 e. The standard InChI is InChI=1S/C11H19NO5/c1-11(2,3)17-10(15)12-6-7(13)5-8(12)9(14)16-4/h7-8,13H,5-6H2,1-4H3/t7-,8-/m0/s1/i13D. The number of methoxy groups -OCH3 is 1. The summed E-state index contributed by atoms with van der Waals surface area (Å²) in [6.07, 6.45) is -0.853. The van der Waals surface area contributed by atoms with Gasteiger partial charge in [0.1, 0.15) is 11.6 Å². The van der Waals surface area contributed by atoms with Gasteiger partial charge in [-0.1, -0.05) is 0 Å². The van der Waals surface area contributed by atoms with Crippen LogP contribution in [0.25, 0.3) is 0 Å². The van der Waals surface area contributed by atoms with E-state index in [2.05, 4.69) is 9.85 Å². The molecule has 1 aliphatic rings. The zero-order valence-electron chi connectivity index (χ0n) is 11.6. The summed E-state index contributed by atoms with van der Waals surface area (Å²) in [5.74, 6) is -0.527. The first-order chi connectivity index (χ1) is 8.28. The molecule has 17 heavy (non-hydrogen) atoms. The third-order valence-corrected chi connectivity index (χ3v) is 2.36. The lowest BCUT2D eigenvalue weighted by molar-refractivity contribution is -0.145. The summed E-state index contributed by atoms with van der Waals surface area (Å²) < 4.78 is 16.7. The molecule has 6 heteroatoms. The van der Waals surface area contributed by atoms with E-state index >= 15 is 0 Å². The van der Waals surface area contributed by atoms with Crippen molar-refractivity contribution in [2.45, 2.75) is 44.9 Å². The molecule has 1 saturated heterocycles. The average molecular weight is 246 g/mol. The van der Waals surface area contributed by atoms with Gasteiger partial charge in [-0.25, -0.2) is 9.59 Å². The number of aliphatic hydroxyl groups is 1. The minimum atomic E-state index is -0.750. The molecule has 2 atom stereocenters. The lowest BCUT2D eigenvalue weighted by Gasteiger charge is -2.27. The van der Waals surface area contributed by atoms with Crippen LogP contribution in [0.2, 0.25) is 0 Å². The number of hydrogen-bond donors (Lipinski definition) is 1. The summed E-state index contributed by atoms with van der Waals surface area (Å²) >= 11 is 0. The van der Waals surface area contributed by atoms with Crippen LogP contribution in [0, 0.1) is 0 Å². The first-order valence-electron chi connectivity index (χ1n) is 5.88. The van der Waals surface area contributed by atoms with Gasteiger partial charge in [0, 0.05) is 6.42 Å². The fraction of sp³-hybridized carbons (Fsp3) is 0.818. The van der Waals surface area contributed by atoms with E-state index in [-0.39, 0.29) is 13.0 Å². The van der Waals surface area contributed by atoms with Crippen molar-refractivity contribution in [3.63, 3.8) is 0 Å². The second-order valence-electron chi connectivity index (χ2n) is 5.03. The highest BCUT2D eigenvalue weighted by Gasteiger charge is 2.41. The second kappa shape index (κ2) is 4.91. The Hall–Kier alpha value is -1.30. The van der Waals surface area contributed by atoms with Crippen LogP contribution in [0.1, 0.15) is 27.2 Å². The predicted molar refractivity (Wildman–Crippen MR) is 59.4 cm³/mol. The molecule has 0 bridgehead atoms. The molecule has 1 rings (SSSR count). The van der Waals surface area contributed by atoms with E-state index in [1.165, 1.54) is 12.0 Å². The molecule has 0 aromatic carbocycles. The summed E-state index contributed by atoms with van der Waals surface area (Å²) in [5.41, 5.74) is -0.641. The molecular weight excluding hydrogens is 226 g/mol. The fourth-order valence-corrected chi connectivity index (χ4v) is 1.68. The Morgan fingerprint density at radius 1 is 1.47 bits per heavy atom. The van der Waals surface area contributed by atoms with Crippen LogP contribution in [0.3, 0.4) is 0 Å². The van der Waals surface area contributed by atoms with Crippen LogP contribution in [0.5, 0.6) is 0 Å². The number of nitrogens with zero attached hydrogens (tertiary/aromatic N) is 1. The molecule has 0 aromatic heterocycles. The van der Waals surface area contributed by atoms with Crippen molar-refractivity contribution in [1.29, 1.82) is 1.43 Å². The van der Waals surface area contributed by atoms with Crippen molar-refractivity contribution in [2.75, 3.05) is 13.7 Å². The van der Waals surface area contributed by atoms with Crippen LogP contribution in [-0.2, 0) is 14.3 Å². The molecule has 0 saturated carbocycles. The van der Waals surface area contributed by atoms with E-state index in [0.29, 0.717) is 0 Å². The third-order valence-electron chi connectivity index (χ3n) is 2.36. The highest BCUT2D eigenvalue weighted by atomic mass is 16.6. The van der Waals surface area contributed by atoms with E-state index in [1.807, 2.05) is 0 Å². The number of aliphatic hydroxyl groups excluding tert-OH is 1. The molecule has 0 radical (unpaired) electrons. The summed E-state index contributed by atoms with van der Waals surface area (Å²) in [5, 5.41) is 4.44. The highest BCUT2D eigenvalue weighted by Crippen LogP contribution is 2.22. The Labute approximate surface area is 102 Å². The van der Waals surface area contributed by atoms with Crippen molar-refractivity contribution < 1.29 is 24.2 Å². The van der Waals surface area contributed by atoms with E-state index in [4.69, 9.17) is 6.17 Å². The number of carbonyl (C=O) groups excluding carboxylic acids is 2. The van der Waals surface area contributed by atoms with Crippen molar-refractivity contribution in [3.05, 3.63) is 0 Å². The molecule has 98 valence electrons. The molecule has 1 heterocycles. The molecule has 0 unspecified atom stereocenters.